The van der Waals surface area contributed by atoms with Gasteiger partial charge in [-0.05, 0) is 45.2 Å². The SMILES string of the molecule is CCCN(CCC)C1C=CCCC1.O=[N+]([O-])c1cc([N+](=O)[O-])c(O)c([N+](=O)[O-])c1. The molecule has 1 atom stereocenters. The Labute approximate surface area is 168 Å². The second-order valence-electron chi connectivity index (χ2n) is 6.57. The number of allylic oxidation sites excluding steroid dienone is 1. The van der Waals surface area contributed by atoms with Gasteiger partial charge in [0.05, 0.1) is 26.9 Å². The van der Waals surface area contributed by atoms with E-state index in [-0.39, 0.29) is 0 Å². The molecule has 0 radical (unpaired) electrons. The molecule has 1 unspecified atom stereocenters. The van der Waals surface area contributed by atoms with E-state index < -0.39 is 37.6 Å². The molecular formula is C18H26N4O7. The molecule has 0 saturated heterocycles. The maximum Gasteiger partial charge on any atom is 0.324 e. The summed E-state index contributed by atoms with van der Waals surface area (Å²) in [5.74, 6) is -1.21. The van der Waals surface area contributed by atoms with Crippen molar-refractivity contribution in [3.05, 3.63) is 54.6 Å². The van der Waals surface area contributed by atoms with Crippen molar-refractivity contribution >= 4 is 17.1 Å². The summed E-state index contributed by atoms with van der Waals surface area (Å²) in [4.78, 5) is 30.4. The van der Waals surface area contributed by atoms with Crippen LogP contribution in [0.4, 0.5) is 17.1 Å². The van der Waals surface area contributed by atoms with E-state index in [1.54, 1.807) is 0 Å². The molecule has 1 aliphatic rings. The first kappa shape index (κ1) is 24.0. The van der Waals surface area contributed by atoms with Gasteiger partial charge >= 0.3 is 11.4 Å². The van der Waals surface area contributed by atoms with Crippen molar-refractivity contribution in [1.29, 1.82) is 0 Å². The minimum Gasteiger partial charge on any atom is -0.497 e. The highest BCUT2D eigenvalue weighted by molar-refractivity contribution is 5.64. The van der Waals surface area contributed by atoms with Gasteiger partial charge in [0.25, 0.3) is 11.4 Å². The second-order valence-corrected chi connectivity index (χ2v) is 6.57. The maximum absolute atomic E-state index is 10.4. The highest BCUT2D eigenvalue weighted by atomic mass is 16.6. The highest BCUT2D eigenvalue weighted by Gasteiger charge is 2.30. The molecule has 0 spiro atoms. The smallest absolute Gasteiger partial charge is 0.324 e. The molecule has 11 nitrogen and oxygen atoms in total. The number of non-ortho nitro benzene ring substituents is 1. The Balaban J connectivity index is 0.000000296. The van der Waals surface area contributed by atoms with Crippen LogP contribution in [0, 0.1) is 30.3 Å². The lowest BCUT2D eigenvalue weighted by Crippen LogP contribution is -2.36. The van der Waals surface area contributed by atoms with Crippen LogP contribution in [-0.2, 0) is 0 Å². The van der Waals surface area contributed by atoms with Crippen LogP contribution in [0.2, 0.25) is 0 Å². The van der Waals surface area contributed by atoms with Gasteiger partial charge in [0.2, 0.25) is 0 Å². The van der Waals surface area contributed by atoms with Gasteiger partial charge in [-0.2, -0.15) is 0 Å². The fourth-order valence-corrected chi connectivity index (χ4v) is 3.09. The largest absolute Gasteiger partial charge is 0.497 e. The van der Waals surface area contributed by atoms with E-state index in [9.17, 15) is 30.3 Å². The molecule has 1 aromatic carbocycles. The minimum absolute atomic E-state index is 0.447. The zero-order chi connectivity index (χ0) is 22.0. The first-order chi connectivity index (χ1) is 13.7. The third kappa shape index (κ3) is 7.11. The van der Waals surface area contributed by atoms with Gasteiger partial charge in [-0.1, -0.05) is 26.0 Å². The summed E-state index contributed by atoms with van der Waals surface area (Å²) in [6.45, 7) is 7.08. The van der Waals surface area contributed by atoms with Gasteiger partial charge in [-0.3, -0.25) is 35.2 Å². The molecule has 1 aliphatic carbocycles. The Morgan fingerprint density at radius 3 is 1.86 bits per heavy atom. The van der Waals surface area contributed by atoms with E-state index in [1.807, 2.05) is 0 Å². The van der Waals surface area contributed by atoms with E-state index in [0.29, 0.717) is 12.1 Å². The lowest BCUT2D eigenvalue weighted by Gasteiger charge is -2.30. The van der Waals surface area contributed by atoms with Gasteiger partial charge in [0.1, 0.15) is 0 Å². The van der Waals surface area contributed by atoms with Crippen molar-refractivity contribution < 1.29 is 19.9 Å². The summed E-state index contributed by atoms with van der Waals surface area (Å²) in [6.07, 6.45) is 11.4. The zero-order valence-corrected chi connectivity index (χ0v) is 16.5. The number of benzene rings is 1. The van der Waals surface area contributed by atoms with Crippen molar-refractivity contribution in [3.63, 3.8) is 0 Å². The Hall–Kier alpha value is -3.08. The van der Waals surface area contributed by atoms with Crippen LogP contribution in [0.3, 0.4) is 0 Å². The first-order valence-corrected chi connectivity index (χ1v) is 9.43. The third-order valence-electron chi connectivity index (χ3n) is 4.38. The fraction of sp³-hybridized carbons (Fsp3) is 0.556. The summed E-state index contributed by atoms with van der Waals surface area (Å²) in [5, 5.41) is 40.2. The van der Waals surface area contributed by atoms with Gasteiger partial charge in [0.15, 0.2) is 0 Å². The first-order valence-electron chi connectivity index (χ1n) is 9.43. The number of nitro groups is 3. The monoisotopic (exact) mass is 410 g/mol. The topological polar surface area (TPSA) is 153 Å². The van der Waals surface area contributed by atoms with Crippen LogP contribution in [0.25, 0.3) is 0 Å². The fourth-order valence-electron chi connectivity index (χ4n) is 3.09. The zero-order valence-electron chi connectivity index (χ0n) is 16.5. The average molecular weight is 410 g/mol. The number of nitro benzene ring substituents is 3. The summed E-state index contributed by atoms with van der Waals surface area (Å²) in [5.41, 5.74) is -3.00. The molecule has 0 heterocycles. The summed E-state index contributed by atoms with van der Waals surface area (Å²) in [7, 11) is 0. The maximum atomic E-state index is 10.4. The Kier molecular flexibility index (Phi) is 9.66. The van der Waals surface area contributed by atoms with Crippen LogP contribution in [0.15, 0.2) is 24.3 Å². The van der Waals surface area contributed by atoms with Gasteiger partial charge in [0, 0.05) is 6.04 Å². The summed E-state index contributed by atoms with van der Waals surface area (Å²) in [6, 6.07) is 1.64. The van der Waals surface area contributed by atoms with Crippen LogP contribution in [0.5, 0.6) is 5.75 Å². The Bertz CT molecular complexity index is 726. The van der Waals surface area contributed by atoms with Crippen LogP contribution in [-0.4, -0.2) is 43.9 Å². The lowest BCUT2D eigenvalue weighted by molar-refractivity contribution is -0.404. The lowest BCUT2D eigenvalue weighted by atomic mass is 10.0. The van der Waals surface area contributed by atoms with Crippen molar-refractivity contribution in [1.82, 2.24) is 4.90 Å². The van der Waals surface area contributed by atoms with E-state index >= 15 is 0 Å². The number of aromatic hydroxyl groups is 1. The summed E-state index contributed by atoms with van der Waals surface area (Å²) < 4.78 is 0. The number of phenols is 1. The van der Waals surface area contributed by atoms with Crippen LogP contribution in [0.1, 0.15) is 46.0 Å². The number of hydrogen-bond acceptors (Lipinski definition) is 8. The molecule has 11 heteroatoms. The van der Waals surface area contributed by atoms with Gasteiger partial charge in [-0.25, -0.2) is 0 Å². The molecule has 1 N–H and O–H groups in total. The quantitative estimate of drug-likeness (QED) is 0.377. The van der Waals surface area contributed by atoms with Crippen molar-refractivity contribution in [2.75, 3.05) is 13.1 Å². The predicted octanol–water partition coefficient (Wildman–Crippen LogP) is 4.33. The molecule has 0 bridgehead atoms. The van der Waals surface area contributed by atoms with Gasteiger partial charge < -0.3 is 5.11 Å². The molecule has 0 amide bonds. The standard InChI is InChI=1S/C12H23N.C6H3N3O7/c1-3-10-13(11-4-2)12-8-6-5-7-9-12;10-6-4(8(13)14)1-3(7(11)12)2-5(6)9(15)16/h6,8,12H,3-5,7,9-11H2,1-2H3;1-2,10H. The molecule has 0 saturated carbocycles. The number of rotatable bonds is 8. The highest BCUT2D eigenvalue weighted by Crippen LogP contribution is 2.38. The number of nitrogens with zero attached hydrogens (tertiary/aromatic N) is 4. The molecule has 160 valence electrons. The number of hydrogen-bond donors (Lipinski definition) is 1. The van der Waals surface area contributed by atoms with E-state index in [4.69, 9.17) is 5.11 Å². The summed E-state index contributed by atoms with van der Waals surface area (Å²) >= 11 is 0. The van der Waals surface area contributed by atoms with Crippen molar-refractivity contribution in [3.8, 4) is 5.75 Å². The van der Waals surface area contributed by atoms with Crippen molar-refractivity contribution in [2.24, 2.45) is 0 Å². The molecule has 0 fully saturated rings. The minimum atomic E-state index is -1.21. The molecule has 0 aliphatic heterocycles. The Morgan fingerprint density at radius 1 is 1.00 bits per heavy atom. The Morgan fingerprint density at radius 2 is 1.52 bits per heavy atom. The molecule has 29 heavy (non-hydrogen) atoms. The van der Waals surface area contributed by atoms with Crippen molar-refractivity contribution in [2.45, 2.75) is 52.0 Å². The van der Waals surface area contributed by atoms with Crippen LogP contribution >= 0.6 is 0 Å². The van der Waals surface area contributed by atoms with E-state index in [0.717, 1.165) is 6.04 Å². The molecule has 0 aromatic heterocycles. The van der Waals surface area contributed by atoms with E-state index in [1.165, 1.54) is 45.2 Å². The third-order valence-corrected chi connectivity index (χ3v) is 4.38. The van der Waals surface area contributed by atoms with Gasteiger partial charge in [-0.15, -0.1) is 0 Å². The van der Waals surface area contributed by atoms with E-state index in [2.05, 4.69) is 30.9 Å². The number of phenolic OH excluding ortho intramolecular Hbond substituents is 1. The normalized spacial score (nSPS) is 15.5. The molecule has 1 aromatic rings. The average Bonchev–Trinajstić information content (AvgIpc) is 2.68. The van der Waals surface area contributed by atoms with Crippen LogP contribution < -0.4 is 0 Å². The molecule has 2 rings (SSSR count). The second kappa shape index (κ2) is 11.7. The molecular weight excluding hydrogens is 384 g/mol. The predicted molar refractivity (Wildman–Crippen MR) is 107 cm³/mol.